The Labute approximate surface area is 150 Å². The van der Waals surface area contributed by atoms with E-state index in [-0.39, 0.29) is 0 Å². The van der Waals surface area contributed by atoms with Gasteiger partial charge in [-0.15, -0.1) is 22.7 Å². The summed E-state index contributed by atoms with van der Waals surface area (Å²) in [5, 5.41) is 8.41. The van der Waals surface area contributed by atoms with E-state index in [1.165, 1.54) is 15.3 Å². The molecule has 0 atom stereocenters. The van der Waals surface area contributed by atoms with E-state index in [2.05, 4.69) is 69.5 Å². The molecule has 3 aromatic rings. The van der Waals surface area contributed by atoms with Crippen LogP contribution in [-0.4, -0.2) is 10.0 Å². The van der Waals surface area contributed by atoms with Crippen LogP contribution in [0.15, 0.2) is 65.4 Å². The Morgan fingerprint density at radius 1 is 0.870 bits per heavy atom. The molecule has 0 aliphatic carbocycles. The van der Waals surface area contributed by atoms with Crippen LogP contribution >= 0.6 is 34.9 Å². The molecule has 23 heavy (non-hydrogen) atoms. The van der Waals surface area contributed by atoms with Gasteiger partial charge in [0.2, 0.25) is 0 Å². The van der Waals surface area contributed by atoms with Gasteiger partial charge in [0.25, 0.3) is 0 Å². The smallest absolute Gasteiger partial charge is 0.169 e. The van der Waals surface area contributed by atoms with Gasteiger partial charge in [-0.1, -0.05) is 42.5 Å². The zero-order valence-electron chi connectivity index (χ0n) is 12.6. The van der Waals surface area contributed by atoms with Gasteiger partial charge < -0.3 is 10.2 Å². The lowest BCUT2D eigenvalue weighted by molar-refractivity contribution is 0.406. The summed E-state index contributed by atoms with van der Waals surface area (Å²) >= 11 is 9.19. The molecule has 1 N–H and O–H groups in total. The van der Waals surface area contributed by atoms with Crippen LogP contribution in [0.5, 0.6) is 0 Å². The predicted octanol–water partition coefficient (Wildman–Crippen LogP) is 4.89. The lowest BCUT2D eigenvalue weighted by Crippen LogP contribution is -2.38. The molecule has 2 aromatic heterocycles. The number of hydrogen-bond acceptors (Lipinski definition) is 3. The molecule has 2 heterocycles. The molecule has 0 saturated heterocycles. The maximum atomic E-state index is 5.64. The Bertz CT molecular complexity index is 670. The van der Waals surface area contributed by atoms with Crippen LogP contribution in [0.4, 0.5) is 0 Å². The molecular formula is C18H18N2S3. The lowest BCUT2D eigenvalue weighted by atomic mass is 10.2. The fourth-order valence-electron chi connectivity index (χ4n) is 2.27. The van der Waals surface area contributed by atoms with Gasteiger partial charge in [-0.3, -0.25) is 0 Å². The average molecular weight is 359 g/mol. The van der Waals surface area contributed by atoms with Crippen LogP contribution in [0.2, 0.25) is 0 Å². The van der Waals surface area contributed by atoms with Crippen molar-refractivity contribution in [3.8, 4) is 0 Å². The van der Waals surface area contributed by atoms with Crippen molar-refractivity contribution in [2.75, 3.05) is 0 Å². The van der Waals surface area contributed by atoms with Crippen LogP contribution in [0.3, 0.4) is 0 Å². The molecule has 2 nitrogen and oxygen atoms in total. The number of thiophene rings is 2. The summed E-state index contributed by atoms with van der Waals surface area (Å²) in [7, 11) is 0. The van der Waals surface area contributed by atoms with Gasteiger partial charge >= 0.3 is 0 Å². The minimum atomic E-state index is 0.755. The predicted molar refractivity (Wildman–Crippen MR) is 104 cm³/mol. The van der Waals surface area contributed by atoms with E-state index in [0.717, 1.165) is 24.7 Å². The van der Waals surface area contributed by atoms with E-state index in [0.29, 0.717) is 0 Å². The number of thiocarbonyl (C=S) groups is 1. The molecule has 0 amide bonds. The van der Waals surface area contributed by atoms with Gasteiger partial charge in [0.1, 0.15) is 0 Å². The van der Waals surface area contributed by atoms with Gasteiger partial charge in [-0.25, -0.2) is 0 Å². The minimum absolute atomic E-state index is 0.755. The van der Waals surface area contributed by atoms with E-state index in [4.69, 9.17) is 12.2 Å². The number of rotatable bonds is 6. The molecule has 0 aliphatic heterocycles. The number of benzene rings is 1. The van der Waals surface area contributed by atoms with Gasteiger partial charge in [0.15, 0.2) is 5.11 Å². The maximum Gasteiger partial charge on any atom is 0.169 e. The first kappa shape index (κ1) is 16.2. The van der Waals surface area contributed by atoms with Crippen molar-refractivity contribution >= 4 is 40.0 Å². The second-order valence-electron chi connectivity index (χ2n) is 5.16. The zero-order valence-corrected chi connectivity index (χ0v) is 15.1. The molecule has 5 heteroatoms. The Morgan fingerprint density at radius 3 is 2.00 bits per heavy atom. The van der Waals surface area contributed by atoms with Crippen LogP contribution in [-0.2, 0) is 19.6 Å². The van der Waals surface area contributed by atoms with Crippen LogP contribution in [0, 0.1) is 0 Å². The maximum absolute atomic E-state index is 5.64. The summed E-state index contributed by atoms with van der Waals surface area (Å²) in [5.41, 5.74) is 1.24. The van der Waals surface area contributed by atoms with Gasteiger partial charge in [0.05, 0.1) is 13.1 Å². The van der Waals surface area contributed by atoms with Gasteiger partial charge in [0, 0.05) is 16.3 Å². The number of hydrogen-bond donors (Lipinski definition) is 1. The van der Waals surface area contributed by atoms with Crippen LogP contribution < -0.4 is 5.32 Å². The second-order valence-corrected chi connectivity index (χ2v) is 7.61. The third kappa shape index (κ3) is 4.89. The average Bonchev–Trinajstić information content (AvgIpc) is 3.27. The van der Waals surface area contributed by atoms with Crippen molar-refractivity contribution < 1.29 is 0 Å². The zero-order chi connectivity index (χ0) is 15.9. The molecule has 0 aliphatic rings. The van der Waals surface area contributed by atoms with Crippen molar-refractivity contribution in [3.05, 3.63) is 80.7 Å². The van der Waals surface area contributed by atoms with Crippen LogP contribution in [0.25, 0.3) is 0 Å². The van der Waals surface area contributed by atoms with Gasteiger partial charge in [-0.05, 0) is 40.7 Å². The molecule has 0 fully saturated rings. The molecular weight excluding hydrogens is 340 g/mol. The molecule has 0 bridgehead atoms. The normalized spacial score (nSPS) is 10.4. The summed E-state index contributed by atoms with van der Waals surface area (Å²) in [4.78, 5) is 4.88. The summed E-state index contributed by atoms with van der Waals surface area (Å²) < 4.78 is 0. The molecule has 1 aromatic carbocycles. The third-order valence-electron chi connectivity index (χ3n) is 3.43. The highest BCUT2D eigenvalue weighted by atomic mass is 32.1. The summed E-state index contributed by atoms with van der Waals surface area (Å²) in [6, 6.07) is 18.8. The van der Waals surface area contributed by atoms with E-state index in [1.807, 2.05) is 6.07 Å². The highest BCUT2D eigenvalue weighted by Gasteiger charge is 2.12. The van der Waals surface area contributed by atoms with E-state index >= 15 is 0 Å². The Balaban J connectivity index is 1.65. The summed E-state index contributed by atoms with van der Waals surface area (Å²) in [6.07, 6.45) is 0. The fraction of sp³-hybridized carbons (Fsp3) is 0.167. The Morgan fingerprint density at radius 2 is 1.48 bits per heavy atom. The Hall–Kier alpha value is -1.69. The van der Waals surface area contributed by atoms with Crippen molar-refractivity contribution in [2.45, 2.75) is 19.6 Å². The summed E-state index contributed by atoms with van der Waals surface area (Å²) in [5.74, 6) is 0. The minimum Gasteiger partial charge on any atom is -0.358 e. The van der Waals surface area contributed by atoms with E-state index in [9.17, 15) is 0 Å². The molecule has 0 unspecified atom stereocenters. The lowest BCUT2D eigenvalue weighted by Gasteiger charge is -2.25. The first-order chi connectivity index (χ1) is 11.3. The Kier molecular flexibility index (Phi) is 5.80. The van der Waals surface area contributed by atoms with Crippen molar-refractivity contribution in [1.29, 1.82) is 0 Å². The molecule has 118 valence electrons. The highest BCUT2D eigenvalue weighted by molar-refractivity contribution is 7.80. The van der Waals surface area contributed by atoms with Crippen molar-refractivity contribution in [1.82, 2.24) is 10.2 Å². The van der Waals surface area contributed by atoms with E-state index in [1.54, 1.807) is 22.7 Å². The summed E-state index contributed by atoms with van der Waals surface area (Å²) in [6.45, 7) is 2.44. The standard InChI is InChI=1S/C18H18N2S3/c21-18(19-12-15-6-2-1-3-7-15)20(13-16-8-4-10-22-16)14-17-9-5-11-23-17/h1-11H,12-14H2,(H,19,21). The largest absolute Gasteiger partial charge is 0.358 e. The molecule has 0 radical (unpaired) electrons. The number of nitrogens with one attached hydrogen (secondary N) is 1. The molecule has 3 rings (SSSR count). The fourth-order valence-corrected chi connectivity index (χ4v) is 3.91. The monoisotopic (exact) mass is 358 g/mol. The quantitative estimate of drug-likeness (QED) is 0.632. The first-order valence-corrected chi connectivity index (χ1v) is 9.59. The molecule has 0 spiro atoms. The highest BCUT2D eigenvalue weighted by Crippen LogP contribution is 2.17. The topological polar surface area (TPSA) is 15.3 Å². The first-order valence-electron chi connectivity index (χ1n) is 7.43. The van der Waals surface area contributed by atoms with Crippen molar-refractivity contribution in [3.63, 3.8) is 0 Å². The van der Waals surface area contributed by atoms with Crippen LogP contribution in [0.1, 0.15) is 15.3 Å². The second kappa shape index (κ2) is 8.24. The third-order valence-corrected chi connectivity index (χ3v) is 5.55. The van der Waals surface area contributed by atoms with E-state index < -0.39 is 0 Å². The van der Waals surface area contributed by atoms with Crippen molar-refractivity contribution in [2.24, 2.45) is 0 Å². The molecule has 0 saturated carbocycles. The SMILES string of the molecule is S=C(NCc1ccccc1)N(Cc1cccs1)Cc1cccs1. The number of nitrogens with zero attached hydrogens (tertiary/aromatic N) is 1. The van der Waals surface area contributed by atoms with Gasteiger partial charge in [-0.2, -0.15) is 0 Å².